The Balaban J connectivity index is 2.37. The van der Waals surface area contributed by atoms with Crippen LogP contribution in [-0.4, -0.2) is 28.2 Å². The molecule has 2 aromatic carbocycles. The highest BCUT2D eigenvalue weighted by Gasteiger charge is 2.28. The molecule has 0 aliphatic heterocycles. The van der Waals surface area contributed by atoms with E-state index in [4.69, 9.17) is 5.14 Å². The first kappa shape index (κ1) is 20.1. The second-order valence-corrected chi connectivity index (χ2v) is 10.1. The van der Waals surface area contributed by atoms with Gasteiger partial charge < -0.3 is 0 Å². The molecule has 2 N–H and O–H groups in total. The minimum absolute atomic E-state index is 0.0183. The summed E-state index contributed by atoms with van der Waals surface area (Å²) in [6.07, 6.45) is 0. The number of hydrogen-bond donors (Lipinski definition) is 1. The average molecular weight is 447 g/mol. The first-order valence-electron chi connectivity index (χ1n) is 7.31. The lowest BCUT2D eigenvalue weighted by Crippen LogP contribution is -2.30. The van der Waals surface area contributed by atoms with Gasteiger partial charge in [-0.15, -0.1) is 0 Å². The Bertz CT molecular complexity index is 987. The zero-order valence-corrected chi connectivity index (χ0v) is 17.2. The molecule has 0 amide bonds. The van der Waals surface area contributed by atoms with Crippen LogP contribution in [0.1, 0.15) is 24.1 Å². The second kappa shape index (κ2) is 7.16. The smallest absolute Gasteiger partial charge is 0.225 e. The molecule has 0 aliphatic carbocycles. The standard InChI is InChI=1S/C16H19BrN2O4S2/c1-11-4-9-16(15(17)10-11)25(22,23)19(3)12(2)13-5-7-14(8-6-13)24(18,20)21/h4-10,12H,1-3H3,(H2,18,20,21). The highest BCUT2D eigenvalue weighted by atomic mass is 79.9. The van der Waals surface area contributed by atoms with Crippen molar-refractivity contribution in [3.8, 4) is 0 Å². The van der Waals surface area contributed by atoms with Crippen LogP contribution in [0, 0.1) is 6.92 Å². The Morgan fingerprint density at radius 3 is 2.08 bits per heavy atom. The highest BCUT2D eigenvalue weighted by molar-refractivity contribution is 9.10. The molecule has 0 aliphatic rings. The quantitative estimate of drug-likeness (QED) is 0.762. The number of primary sulfonamides is 1. The van der Waals surface area contributed by atoms with Gasteiger partial charge in [-0.1, -0.05) is 18.2 Å². The first-order valence-corrected chi connectivity index (χ1v) is 11.1. The summed E-state index contributed by atoms with van der Waals surface area (Å²) in [6, 6.07) is 10.4. The molecule has 0 spiro atoms. The lowest BCUT2D eigenvalue weighted by atomic mass is 10.1. The Kier molecular flexibility index (Phi) is 5.75. The largest absolute Gasteiger partial charge is 0.244 e. The molecule has 0 saturated carbocycles. The molecule has 0 aromatic heterocycles. The van der Waals surface area contributed by atoms with Gasteiger partial charge >= 0.3 is 0 Å². The monoisotopic (exact) mass is 446 g/mol. The van der Waals surface area contributed by atoms with Crippen LogP contribution in [0.3, 0.4) is 0 Å². The molecule has 0 heterocycles. The summed E-state index contributed by atoms with van der Waals surface area (Å²) in [5, 5.41) is 5.08. The Morgan fingerprint density at radius 1 is 1.04 bits per heavy atom. The van der Waals surface area contributed by atoms with Gasteiger partial charge in [-0.2, -0.15) is 4.31 Å². The van der Waals surface area contributed by atoms with Crippen LogP contribution < -0.4 is 5.14 Å². The molecule has 0 saturated heterocycles. The number of nitrogens with zero attached hydrogens (tertiary/aromatic N) is 1. The molecule has 6 nitrogen and oxygen atoms in total. The van der Waals surface area contributed by atoms with Crippen molar-refractivity contribution in [2.24, 2.45) is 5.14 Å². The number of aryl methyl sites for hydroxylation is 1. The fourth-order valence-electron chi connectivity index (χ4n) is 2.32. The topological polar surface area (TPSA) is 97.5 Å². The lowest BCUT2D eigenvalue weighted by Gasteiger charge is -2.25. The molecule has 2 aromatic rings. The first-order chi connectivity index (χ1) is 11.4. The van der Waals surface area contributed by atoms with Crippen LogP contribution in [0.15, 0.2) is 56.7 Å². The van der Waals surface area contributed by atoms with Crippen molar-refractivity contribution in [2.75, 3.05) is 7.05 Å². The summed E-state index contributed by atoms with van der Waals surface area (Å²) in [7, 11) is -6.03. The van der Waals surface area contributed by atoms with Crippen LogP contribution in [0.5, 0.6) is 0 Å². The van der Waals surface area contributed by atoms with Crippen molar-refractivity contribution in [3.63, 3.8) is 0 Å². The summed E-state index contributed by atoms with van der Waals surface area (Å²) in [5.41, 5.74) is 1.60. The molecule has 0 radical (unpaired) electrons. The minimum Gasteiger partial charge on any atom is -0.225 e. The zero-order chi connectivity index (χ0) is 19.0. The van der Waals surface area contributed by atoms with Gasteiger partial charge in [-0.3, -0.25) is 0 Å². The molecule has 25 heavy (non-hydrogen) atoms. The second-order valence-electron chi connectivity index (χ2n) is 5.75. The van der Waals surface area contributed by atoms with Crippen molar-refractivity contribution in [1.82, 2.24) is 4.31 Å². The molecule has 136 valence electrons. The summed E-state index contributed by atoms with van der Waals surface area (Å²) in [4.78, 5) is 0.156. The fraction of sp³-hybridized carbons (Fsp3) is 0.250. The maximum Gasteiger partial charge on any atom is 0.244 e. The third-order valence-corrected chi connectivity index (χ3v) is 7.81. The van der Waals surface area contributed by atoms with Crippen LogP contribution in [0.2, 0.25) is 0 Å². The van der Waals surface area contributed by atoms with Gasteiger partial charge in [0.1, 0.15) is 0 Å². The number of benzene rings is 2. The van der Waals surface area contributed by atoms with Gasteiger partial charge in [0.05, 0.1) is 9.79 Å². The summed E-state index contributed by atoms with van der Waals surface area (Å²) in [5.74, 6) is 0. The van der Waals surface area contributed by atoms with Gasteiger partial charge in [0.15, 0.2) is 0 Å². The van der Waals surface area contributed by atoms with E-state index >= 15 is 0 Å². The zero-order valence-electron chi connectivity index (χ0n) is 14.0. The van der Waals surface area contributed by atoms with E-state index in [1.54, 1.807) is 37.3 Å². The van der Waals surface area contributed by atoms with Crippen molar-refractivity contribution >= 4 is 36.0 Å². The lowest BCUT2D eigenvalue weighted by molar-refractivity contribution is 0.398. The number of hydrogen-bond acceptors (Lipinski definition) is 4. The molecular weight excluding hydrogens is 428 g/mol. The number of halogens is 1. The Morgan fingerprint density at radius 2 is 1.60 bits per heavy atom. The number of nitrogens with two attached hydrogens (primary N) is 1. The third-order valence-electron chi connectivity index (χ3n) is 3.98. The van der Waals surface area contributed by atoms with E-state index in [0.29, 0.717) is 10.0 Å². The van der Waals surface area contributed by atoms with E-state index in [1.807, 2.05) is 6.92 Å². The molecule has 0 bridgehead atoms. The predicted octanol–water partition coefficient (Wildman–Crippen LogP) is 2.79. The van der Waals surface area contributed by atoms with E-state index in [2.05, 4.69) is 15.9 Å². The molecule has 1 atom stereocenters. The van der Waals surface area contributed by atoms with E-state index in [-0.39, 0.29) is 9.79 Å². The fourth-order valence-corrected chi connectivity index (χ4v) is 5.34. The van der Waals surface area contributed by atoms with Crippen LogP contribution in [0.4, 0.5) is 0 Å². The molecular formula is C16H19BrN2O4S2. The van der Waals surface area contributed by atoms with Crippen LogP contribution >= 0.6 is 15.9 Å². The van der Waals surface area contributed by atoms with E-state index < -0.39 is 26.1 Å². The van der Waals surface area contributed by atoms with Gasteiger partial charge in [-0.25, -0.2) is 22.0 Å². The van der Waals surface area contributed by atoms with Crippen LogP contribution in [-0.2, 0) is 20.0 Å². The predicted molar refractivity (Wildman–Crippen MR) is 100 cm³/mol. The van der Waals surface area contributed by atoms with Gasteiger partial charge in [0.2, 0.25) is 20.0 Å². The summed E-state index contributed by atoms with van der Waals surface area (Å²) in [6.45, 7) is 3.60. The number of sulfonamides is 2. The van der Waals surface area contributed by atoms with Crippen LogP contribution in [0.25, 0.3) is 0 Å². The summed E-state index contributed by atoms with van der Waals surface area (Å²) < 4.78 is 50.2. The number of rotatable bonds is 5. The molecule has 9 heteroatoms. The van der Waals surface area contributed by atoms with E-state index in [9.17, 15) is 16.8 Å². The Labute approximate surface area is 156 Å². The van der Waals surface area contributed by atoms with Crippen molar-refractivity contribution in [1.29, 1.82) is 0 Å². The SMILES string of the molecule is Cc1ccc(S(=O)(=O)N(C)C(C)c2ccc(S(N)(=O)=O)cc2)c(Br)c1. The highest BCUT2D eigenvalue weighted by Crippen LogP contribution is 2.30. The van der Waals surface area contributed by atoms with Crippen molar-refractivity contribution in [3.05, 3.63) is 58.1 Å². The molecule has 0 fully saturated rings. The van der Waals surface area contributed by atoms with Gasteiger partial charge in [0, 0.05) is 17.6 Å². The minimum atomic E-state index is -3.78. The van der Waals surface area contributed by atoms with Crippen molar-refractivity contribution in [2.45, 2.75) is 29.7 Å². The molecule has 2 rings (SSSR count). The maximum absolute atomic E-state index is 12.9. The average Bonchev–Trinajstić information content (AvgIpc) is 2.52. The summed E-state index contributed by atoms with van der Waals surface area (Å²) >= 11 is 3.30. The third kappa shape index (κ3) is 4.29. The Hall–Kier alpha value is -1.26. The van der Waals surface area contributed by atoms with E-state index in [0.717, 1.165) is 5.56 Å². The van der Waals surface area contributed by atoms with Gasteiger partial charge in [0.25, 0.3) is 0 Å². The van der Waals surface area contributed by atoms with E-state index in [1.165, 1.54) is 23.5 Å². The normalized spacial score (nSPS) is 13.8. The molecule has 1 unspecified atom stereocenters. The van der Waals surface area contributed by atoms with Crippen molar-refractivity contribution < 1.29 is 16.8 Å². The van der Waals surface area contributed by atoms with Gasteiger partial charge in [-0.05, 0) is 65.2 Å². The maximum atomic E-state index is 12.9.